The van der Waals surface area contributed by atoms with E-state index in [1.165, 1.54) is 12.1 Å². The molecule has 166 valence electrons. The molecule has 0 spiro atoms. The molecule has 2 N–H and O–H groups in total. The van der Waals surface area contributed by atoms with Crippen LogP contribution in [0.1, 0.15) is 44.9 Å². The molecule has 2 rings (SSSR count). The molecule has 0 saturated carbocycles. The van der Waals surface area contributed by atoms with E-state index in [1.807, 2.05) is 42.2 Å². The molecule has 2 aromatic rings. The number of hydrogen-bond acceptors (Lipinski definition) is 5. The molecule has 2 aromatic carbocycles. The summed E-state index contributed by atoms with van der Waals surface area (Å²) in [6, 6.07) is 15.5. The van der Waals surface area contributed by atoms with Gasteiger partial charge >= 0.3 is 5.97 Å². The summed E-state index contributed by atoms with van der Waals surface area (Å²) in [5.74, 6) is -0.309. The minimum Gasteiger partial charge on any atom is -0.463 e. The van der Waals surface area contributed by atoms with Gasteiger partial charge in [0.1, 0.15) is 6.61 Å². The second kappa shape index (κ2) is 10.3. The lowest BCUT2D eigenvalue weighted by atomic mass is 9.97. The van der Waals surface area contributed by atoms with Gasteiger partial charge in [0.15, 0.2) is 5.11 Å². The predicted octanol–water partition coefficient (Wildman–Crippen LogP) is 4.40. The lowest BCUT2D eigenvalue weighted by molar-refractivity contribution is -0.384. The zero-order valence-corrected chi connectivity index (χ0v) is 19.1. The molecule has 0 fully saturated rings. The average Bonchev–Trinajstić information content (AvgIpc) is 2.71. The quantitative estimate of drug-likeness (QED) is 0.279. The summed E-state index contributed by atoms with van der Waals surface area (Å²) in [4.78, 5) is 24.8. The van der Waals surface area contributed by atoms with Gasteiger partial charge in [0, 0.05) is 12.1 Å². The van der Waals surface area contributed by atoms with Crippen LogP contribution in [0, 0.1) is 15.5 Å². The summed E-state index contributed by atoms with van der Waals surface area (Å²) in [7, 11) is 0. The van der Waals surface area contributed by atoms with Crippen molar-refractivity contribution in [2.24, 2.45) is 11.1 Å². The maximum Gasteiger partial charge on any atom is 0.311 e. The number of non-ortho nitro benzene ring substituents is 1. The third kappa shape index (κ3) is 6.75. The molecule has 0 aromatic heterocycles. The highest BCUT2D eigenvalue weighted by atomic mass is 32.1. The molecule has 8 heteroatoms. The Morgan fingerprint density at radius 2 is 1.74 bits per heavy atom. The minimum atomic E-state index is -0.630. The van der Waals surface area contributed by atoms with Gasteiger partial charge < -0.3 is 15.4 Å². The molecule has 2 atom stereocenters. The zero-order valence-electron chi connectivity index (χ0n) is 18.3. The van der Waals surface area contributed by atoms with Crippen molar-refractivity contribution in [3.8, 4) is 0 Å². The number of carbonyl (C=O) groups is 1. The Morgan fingerprint density at radius 3 is 2.23 bits per heavy atom. The lowest BCUT2D eigenvalue weighted by Gasteiger charge is -2.37. The number of ether oxygens (including phenoxy) is 1. The highest BCUT2D eigenvalue weighted by Gasteiger charge is 2.30. The van der Waals surface area contributed by atoms with Gasteiger partial charge in [0.2, 0.25) is 0 Å². The van der Waals surface area contributed by atoms with Crippen molar-refractivity contribution in [1.29, 1.82) is 0 Å². The van der Waals surface area contributed by atoms with E-state index >= 15 is 0 Å². The van der Waals surface area contributed by atoms with Crippen LogP contribution in [0.4, 0.5) is 5.69 Å². The van der Waals surface area contributed by atoms with Gasteiger partial charge in [-0.3, -0.25) is 14.9 Å². The molecular weight excluding hydrogens is 414 g/mol. The number of nitro groups is 1. The first-order valence-electron chi connectivity index (χ1n) is 10.0. The molecule has 0 radical (unpaired) electrons. The normalized spacial score (nSPS) is 13.2. The van der Waals surface area contributed by atoms with E-state index in [2.05, 4.69) is 0 Å². The van der Waals surface area contributed by atoms with Crippen LogP contribution in [-0.2, 0) is 16.0 Å². The van der Waals surface area contributed by atoms with E-state index in [9.17, 15) is 14.9 Å². The fourth-order valence-electron chi connectivity index (χ4n) is 3.23. The summed E-state index contributed by atoms with van der Waals surface area (Å²) in [6.45, 7) is 7.43. The molecule has 0 saturated heterocycles. The van der Waals surface area contributed by atoms with Crippen molar-refractivity contribution >= 4 is 29.0 Å². The van der Waals surface area contributed by atoms with Crippen molar-refractivity contribution < 1.29 is 14.5 Å². The molecule has 0 aliphatic carbocycles. The van der Waals surface area contributed by atoms with Crippen molar-refractivity contribution in [2.75, 3.05) is 6.61 Å². The number of nitrogens with two attached hydrogens (primary N) is 1. The topological polar surface area (TPSA) is 98.7 Å². The van der Waals surface area contributed by atoms with E-state index in [1.54, 1.807) is 32.9 Å². The zero-order chi connectivity index (χ0) is 23.2. The lowest BCUT2D eigenvalue weighted by Crippen LogP contribution is -2.48. The maximum atomic E-state index is 12.4. The first-order chi connectivity index (χ1) is 14.5. The van der Waals surface area contributed by atoms with Crippen LogP contribution in [0.15, 0.2) is 54.6 Å². The molecule has 0 amide bonds. The smallest absolute Gasteiger partial charge is 0.311 e. The highest BCUT2D eigenvalue weighted by molar-refractivity contribution is 7.80. The van der Waals surface area contributed by atoms with Crippen LogP contribution in [0.25, 0.3) is 0 Å². The predicted molar refractivity (Wildman–Crippen MR) is 124 cm³/mol. The third-order valence-electron chi connectivity index (χ3n) is 4.98. The molecule has 0 aliphatic heterocycles. The number of carbonyl (C=O) groups excluding carboxylic acids is 1. The van der Waals surface area contributed by atoms with Crippen LogP contribution in [-0.4, -0.2) is 33.6 Å². The van der Waals surface area contributed by atoms with Crippen LogP contribution >= 0.6 is 12.2 Å². The molecule has 31 heavy (non-hydrogen) atoms. The number of nitrogens with zero attached hydrogens (tertiary/aromatic N) is 2. The third-order valence-corrected chi connectivity index (χ3v) is 5.20. The Kier molecular flexibility index (Phi) is 8.10. The number of thiocarbonyl (C=S) groups is 1. The SMILES string of the molecule is C[C@@H](c1ccc([N+](=O)[O-])cc1)N(C(N)=S)[C@@H](COC(=O)C(C)(C)C)Cc1ccccc1. The van der Waals surface area contributed by atoms with Crippen molar-refractivity contribution in [3.05, 3.63) is 75.8 Å². The molecule has 7 nitrogen and oxygen atoms in total. The van der Waals surface area contributed by atoms with Gasteiger partial charge in [-0.25, -0.2) is 0 Å². The highest BCUT2D eigenvalue weighted by Crippen LogP contribution is 2.27. The van der Waals surface area contributed by atoms with Crippen LogP contribution in [0.2, 0.25) is 0 Å². The summed E-state index contributed by atoms with van der Waals surface area (Å²) in [6.07, 6.45) is 0.562. The molecule has 0 unspecified atom stereocenters. The van der Waals surface area contributed by atoms with Gasteiger partial charge in [-0.1, -0.05) is 42.5 Å². The standard InChI is InChI=1S/C23H29N3O4S/c1-16(18-10-12-19(13-11-18)26(28)29)25(22(24)31)20(14-17-8-6-5-7-9-17)15-30-21(27)23(2,3)4/h5-13,16,20H,14-15H2,1-4H3,(H2,24,31)/t16-,20+/m0/s1. The average molecular weight is 444 g/mol. The van der Waals surface area contributed by atoms with Gasteiger partial charge in [0.25, 0.3) is 5.69 Å². The fraction of sp³-hybridized carbons (Fsp3) is 0.391. The summed E-state index contributed by atoms with van der Waals surface area (Å²) in [5, 5.41) is 11.1. The minimum absolute atomic E-state index is 0.0118. The number of hydrogen-bond donors (Lipinski definition) is 1. The summed E-state index contributed by atoms with van der Waals surface area (Å²) in [5.41, 5.74) is 7.36. The van der Waals surface area contributed by atoms with Gasteiger partial charge in [-0.2, -0.15) is 0 Å². The van der Waals surface area contributed by atoms with Gasteiger partial charge in [0.05, 0.1) is 22.4 Å². The molecule has 0 heterocycles. The Labute approximate surface area is 188 Å². The maximum absolute atomic E-state index is 12.4. The number of esters is 1. The van der Waals surface area contributed by atoms with E-state index in [0.29, 0.717) is 6.42 Å². The van der Waals surface area contributed by atoms with Gasteiger partial charge in [-0.15, -0.1) is 0 Å². The number of rotatable bonds is 8. The second-order valence-corrected chi connectivity index (χ2v) is 8.88. The summed E-state index contributed by atoms with van der Waals surface area (Å²) >= 11 is 5.36. The largest absolute Gasteiger partial charge is 0.463 e. The van der Waals surface area contributed by atoms with E-state index in [0.717, 1.165) is 11.1 Å². The first-order valence-corrected chi connectivity index (χ1v) is 10.4. The molecule has 0 bridgehead atoms. The van der Waals surface area contributed by atoms with E-state index < -0.39 is 10.3 Å². The van der Waals surface area contributed by atoms with Crippen LogP contribution in [0.5, 0.6) is 0 Å². The Balaban J connectivity index is 2.33. The number of benzene rings is 2. The van der Waals surface area contributed by atoms with Crippen molar-refractivity contribution in [3.63, 3.8) is 0 Å². The van der Waals surface area contributed by atoms with E-state index in [4.69, 9.17) is 22.7 Å². The fourth-order valence-corrected chi connectivity index (χ4v) is 3.54. The Morgan fingerprint density at radius 1 is 1.16 bits per heavy atom. The number of nitro benzene ring substituents is 1. The monoisotopic (exact) mass is 443 g/mol. The molecule has 0 aliphatic rings. The summed E-state index contributed by atoms with van der Waals surface area (Å²) < 4.78 is 5.62. The van der Waals surface area contributed by atoms with Crippen LogP contribution in [0.3, 0.4) is 0 Å². The van der Waals surface area contributed by atoms with Gasteiger partial charge in [-0.05, 0) is 57.5 Å². The van der Waals surface area contributed by atoms with Crippen LogP contribution < -0.4 is 5.73 Å². The Hall–Kier alpha value is -3.00. The molecular formula is C23H29N3O4S. The first kappa shape index (κ1) is 24.3. The van der Waals surface area contributed by atoms with Crippen molar-refractivity contribution in [2.45, 2.75) is 46.2 Å². The van der Waals surface area contributed by atoms with E-state index in [-0.39, 0.29) is 35.5 Å². The van der Waals surface area contributed by atoms with Crippen molar-refractivity contribution in [1.82, 2.24) is 4.90 Å². The Bertz CT molecular complexity index is 911. The second-order valence-electron chi connectivity index (χ2n) is 8.46.